The zero-order chi connectivity index (χ0) is 13.9. The Morgan fingerprint density at radius 3 is 2.20 bits per heavy atom. The molecule has 1 fully saturated rings. The predicted octanol–water partition coefficient (Wildman–Crippen LogP) is 4.81. The molecule has 20 heavy (non-hydrogen) atoms. The van der Waals surface area contributed by atoms with Crippen molar-refractivity contribution in [2.75, 3.05) is 0 Å². The fourth-order valence-electron chi connectivity index (χ4n) is 3.23. The summed E-state index contributed by atoms with van der Waals surface area (Å²) in [5.74, 6) is 0.822. The van der Waals surface area contributed by atoms with Gasteiger partial charge in [-0.1, -0.05) is 55.7 Å². The Morgan fingerprint density at radius 2 is 1.50 bits per heavy atom. The first-order valence-corrected chi connectivity index (χ1v) is 7.37. The van der Waals surface area contributed by atoms with Crippen molar-refractivity contribution in [3.05, 3.63) is 48.0 Å². The smallest absolute Gasteiger partial charge is 0.130 e. The predicted molar refractivity (Wildman–Crippen MR) is 81.0 cm³/mol. The van der Waals surface area contributed by atoms with Gasteiger partial charge < -0.3 is 10.2 Å². The molecule has 0 bridgehead atoms. The van der Waals surface area contributed by atoms with E-state index in [2.05, 4.69) is 0 Å². The van der Waals surface area contributed by atoms with Gasteiger partial charge in [-0.3, -0.25) is 0 Å². The maximum absolute atomic E-state index is 10.6. The summed E-state index contributed by atoms with van der Waals surface area (Å²) in [6.45, 7) is 0. The molecule has 0 unspecified atom stereocenters. The first-order valence-electron chi connectivity index (χ1n) is 7.37. The number of aromatic hydroxyl groups is 2. The van der Waals surface area contributed by atoms with Crippen LogP contribution in [0.2, 0.25) is 0 Å². The summed E-state index contributed by atoms with van der Waals surface area (Å²) in [7, 11) is 0. The summed E-state index contributed by atoms with van der Waals surface area (Å²) in [5, 5.41) is 20.7. The van der Waals surface area contributed by atoms with E-state index in [1.807, 2.05) is 36.4 Å². The standard InChI is InChI=1S/C18H20O2/c19-16-12-11-15(13-7-3-1-4-8-13)18(20)17(16)14-9-5-2-6-10-14/h2,5-6,9-13,19-20H,1,3-4,7-8H2. The third-order valence-corrected chi connectivity index (χ3v) is 4.29. The number of rotatable bonds is 2. The highest BCUT2D eigenvalue weighted by atomic mass is 16.3. The first-order chi connectivity index (χ1) is 9.77. The lowest BCUT2D eigenvalue weighted by Gasteiger charge is -2.24. The van der Waals surface area contributed by atoms with E-state index >= 15 is 0 Å². The Morgan fingerprint density at radius 1 is 0.800 bits per heavy atom. The van der Waals surface area contributed by atoms with Gasteiger partial charge in [0.05, 0.1) is 5.56 Å². The Hall–Kier alpha value is -1.96. The molecule has 1 aliphatic carbocycles. The Kier molecular flexibility index (Phi) is 3.64. The van der Waals surface area contributed by atoms with Crippen LogP contribution in [0.1, 0.15) is 43.6 Å². The number of hydrogen-bond donors (Lipinski definition) is 2. The molecule has 2 heteroatoms. The highest BCUT2D eigenvalue weighted by Crippen LogP contribution is 2.45. The first kappa shape index (κ1) is 13.0. The summed E-state index contributed by atoms with van der Waals surface area (Å²) in [4.78, 5) is 0. The van der Waals surface area contributed by atoms with E-state index in [-0.39, 0.29) is 11.5 Å². The van der Waals surface area contributed by atoms with Crippen LogP contribution in [0.4, 0.5) is 0 Å². The van der Waals surface area contributed by atoms with Gasteiger partial charge in [-0.2, -0.15) is 0 Å². The van der Waals surface area contributed by atoms with Gasteiger partial charge in [0.15, 0.2) is 0 Å². The Balaban J connectivity index is 2.06. The molecule has 0 spiro atoms. The van der Waals surface area contributed by atoms with Crippen molar-refractivity contribution in [2.45, 2.75) is 38.0 Å². The fraction of sp³-hybridized carbons (Fsp3) is 0.333. The van der Waals surface area contributed by atoms with Gasteiger partial charge >= 0.3 is 0 Å². The normalized spacial score (nSPS) is 16.2. The van der Waals surface area contributed by atoms with Crippen LogP contribution in [0.15, 0.2) is 42.5 Å². The lowest BCUT2D eigenvalue weighted by atomic mass is 9.82. The van der Waals surface area contributed by atoms with E-state index in [1.54, 1.807) is 6.07 Å². The van der Waals surface area contributed by atoms with Crippen molar-refractivity contribution in [3.63, 3.8) is 0 Å². The molecule has 0 atom stereocenters. The fourth-order valence-corrected chi connectivity index (χ4v) is 3.23. The molecule has 0 heterocycles. The minimum atomic E-state index is 0.147. The summed E-state index contributed by atoms with van der Waals surface area (Å²) < 4.78 is 0. The highest BCUT2D eigenvalue weighted by molar-refractivity contribution is 5.77. The minimum absolute atomic E-state index is 0.147. The lowest BCUT2D eigenvalue weighted by molar-refractivity contribution is 0.410. The number of phenolic OH excluding ortho intramolecular Hbond substituents is 2. The van der Waals surface area contributed by atoms with Crippen LogP contribution in [-0.2, 0) is 0 Å². The van der Waals surface area contributed by atoms with Crippen molar-refractivity contribution in [1.82, 2.24) is 0 Å². The molecule has 0 aromatic heterocycles. The average Bonchev–Trinajstić information content (AvgIpc) is 2.49. The average molecular weight is 268 g/mol. The second-order valence-electron chi connectivity index (χ2n) is 5.60. The van der Waals surface area contributed by atoms with Crippen molar-refractivity contribution < 1.29 is 10.2 Å². The molecule has 1 aliphatic rings. The lowest BCUT2D eigenvalue weighted by Crippen LogP contribution is -2.05. The van der Waals surface area contributed by atoms with E-state index in [4.69, 9.17) is 0 Å². The molecular weight excluding hydrogens is 248 g/mol. The van der Waals surface area contributed by atoms with E-state index in [1.165, 1.54) is 19.3 Å². The van der Waals surface area contributed by atoms with E-state index in [0.29, 0.717) is 11.5 Å². The third kappa shape index (κ3) is 2.38. The second-order valence-corrected chi connectivity index (χ2v) is 5.60. The quantitative estimate of drug-likeness (QED) is 0.820. The van der Waals surface area contributed by atoms with Crippen LogP contribution < -0.4 is 0 Å². The van der Waals surface area contributed by atoms with Crippen molar-refractivity contribution in [2.24, 2.45) is 0 Å². The van der Waals surface area contributed by atoms with Gasteiger partial charge in [0, 0.05) is 0 Å². The highest BCUT2D eigenvalue weighted by Gasteiger charge is 2.22. The number of phenols is 2. The van der Waals surface area contributed by atoms with Gasteiger partial charge in [0.2, 0.25) is 0 Å². The van der Waals surface area contributed by atoms with E-state index < -0.39 is 0 Å². The molecule has 0 amide bonds. The summed E-state index contributed by atoms with van der Waals surface area (Å²) in [6, 6.07) is 13.2. The minimum Gasteiger partial charge on any atom is -0.507 e. The van der Waals surface area contributed by atoms with E-state index in [9.17, 15) is 10.2 Å². The van der Waals surface area contributed by atoms with Gasteiger partial charge in [-0.25, -0.2) is 0 Å². The molecule has 2 aromatic rings. The zero-order valence-corrected chi connectivity index (χ0v) is 11.5. The van der Waals surface area contributed by atoms with Crippen LogP contribution in [0.25, 0.3) is 11.1 Å². The Labute approximate surface area is 119 Å². The summed E-state index contributed by atoms with van der Waals surface area (Å²) in [6.07, 6.45) is 6.01. The van der Waals surface area contributed by atoms with Crippen LogP contribution in [0, 0.1) is 0 Å². The van der Waals surface area contributed by atoms with Gasteiger partial charge in [-0.05, 0) is 36.0 Å². The second kappa shape index (κ2) is 5.58. The molecule has 2 aromatic carbocycles. The number of benzene rings is 2. The molecular formula is C18H20O2. The molecule has 0 radical (unpaired) electrons. The molecule has 0 aliphatic heterocycles. The maximum atomic E-state index is 10.6. The largest absolute Gasteiger partial charge is 0.507 e. The third-order valence-electron chi connectivity index (χ3n) is 4.29. The van der Waals surface area contributed by atoms with Crippen LogP contribution in [0.5, 0.6) is 11.5 Å². The monoisotopic (exact) mass is 268 g/mol. The van der Waals surface area contributed by atoms with Crippen LogP contribution in [-0.4, -0.2) is 10.2 Å². The van der Waals surface area contributed by atoms with Crippen molar-refractivity contribution in [1.29, 1.82) is 0 Å². The molecule has 2 N–H and O–H groups in total. The van der Waals surface area contributed by atoms with E-state index in [0.717, 1.165) is 24.0 Å². The topological polar surface area (TPSA) is 40.5 Å². The zero-order valence-electron chi connectivity index (χ0n) is 11.5. The van der Waals surface area contributed by atoms with Gasteiger partial charge in [0.1, 0.15) is 11.5 Å². The maximum Gasteiger partial charge on any atom is 0.130 e. The molecule has 1 saturated carbocycles. The number of hydrogen-bond acceptors (Lipinski definition) is 2. The summed E-state index contributed by atoms with van der Waals surface area (Å²) >= 11 is 0. The Bertz CT molecular complexity index is 584. The summed E-state index contributed by atoms with van der Waals surface area (Å²) in [5.41, 5.74) is 2.41. The molecule has 3 rings (SSSR count). The van der Waals surface area contributed by atoms with Gasteiger partial charge in [-0.15, -0.1) is 0 Å². The molecule has 104 valence electrons. The van der Waals surface area contributed by atoms with Gasteiger partial charge in [0.25, 0.3) is 0 Å². The molecule has 2 nitrogen and oxygen atoms in total. The van der Waals surface area contributed by atoms with Crippen LogP contribution >= 0.6 is 0 Å². The van der Waals surface area contributed by atoms with Crippen molar-refractivity contribution >= 4 is 0 Å². The SMILES string of the molecule is Oc1ccc(C2CCCCC2)c(O)c1-c1ccccc1. The van der Waals surface area contributed by atoms with Crippen molar-refractivity contribution in [3.8, 4) is 22.6 Å². The molecule has 0 saturated heterocycles. The van der Waals surface area contributed by atoms with Crippen LogP contribution in [0.3, 0.4) is 0 Å².